The van der Waals surface area contributed by atoms with Crippen molar-refractivity contribution in [2.45, 2.75) is 13.3 Å². The lowest BCUT2D eigenvalue weighted by molar-refractivity contribution is 0.0766. The summed E-state index contributed by atoms with van der Waals surface area (Å²) in [4.78, 5) is 28.0. The third kappa shape index (κ3) is 3.76. The van der Waals surface area contributed by atoms with Gasteiger partial charge in [0.25, 0.3) is 5.91 Å². The van der Waals surface area contributed by atoms with Crippen LogP contribution in [-0.2, 0) is 0 Å². The molecule has 0 aliphatic carbocycles. The van der Waals surface area contributed by atoms with Gasteiger partial charge >= 0.3 is 0 Å². The van der Waals surface area contributed by atoms with Gasteiger partial charge in [-0.1, -0.05) is 0 Å². The number of amides is 1. The molecule has 0 atom stereocenters. The van der Waals surface area contributed by atoms with Crippen LogP contribution in [0.3, 0.4) is 0 Å². The highest BCUT2D eigenvalue weighted by Crippen LogP contribution is 2.21. The van der Waals surface area contributed by atoms with Gasteiger partial charge in [-0.15, -0.1) is 5.10 Å². The van der Waals surface area contributed by atoms with E-state index in [1.54, 1.807) is 17.2 Å². The molecule has 130 valence electrons. The first-order valence-corrected chi connectivity index (χ1v) is 8.22. The lowest BCUT2D eigenvalue weighted by Crippen LogP contribution is -2.35. The second-order valence-corrected chi connectivity index (χ2v) is 6.00. The van der Waals surface area contributed by atoms with Crippen molar-refractivity contribution in [2.24, 2.45) is 0 Å². The maximum absolute atomic E-state index is 12.7. The van der Waals surface area contributed by atoms with Crippen molar-refractivity contribution in [3.05, 3.63) is 47.7 Å². The van der Waals surface area contributed by atoms with Gasteiger partial charge in [-0.3, -0.25) is 9.59 Å². The zero-order valence-corrected chi connectivity index (χ0v) is 14.1. The van der Waals surface area contributed by atoms with Crippen LogP contribution in [0.5, 0.6) is 5.75 Å². The number of carbonyl (C=O) groups is 2. The smallest absolute Gasteiger partial charge is 0.254 e. The van der Waals surface area contributed by atoms with E-state index < -0.39 is 0 Å². The van der Waals surface area contributed by atoms with Crippen LogP contribution in [0.1, 0.15) is 34.1 Å². The lowest BCUT2D eigenvalue weighted by Gasteiger charge is -2.22. The van der Waals surface area contributed by atoms with E-state index in [2.05, 4.69) is 15.1 Å². The number of aromatic hydroxyl groups is 1. The molecule has 25 heavy (non-hydrogen) atoms. The largest absolute Gasteiger partial charge is 0.507 e. The predicted molar refractivity (Wildman–Crippen MR) is 92.9 cm³/mol. The standard InChI is InChI=1S/C18H20N4O3/c1-13(23)15-6-5-14(12-16(15)24)18(25)22-9-3-8-21(10-11-22)17-4-2-7-19-20-17/h2,4-7,12,24H,3,8-11H2,1H3. The lowest BCUT2D eigenvalue weighted by atomic mass is 10.1. The first kappa shape index (κ1) is 16.9. The molecule has 3 rings (SSSR count). The Bertz CT molecular complexity index is 779. The molecule has 1 aromatic carbocycles. The summed E-state index contributed by atoms with van der Waals surface area (Å²) in [7, 11) is 0. The van der Waals surface area contributed by atoms with E-state index >= 15 is 0 Å². The van der Waals surface area contributed by atoms with Crippen molar-refractivity contribution in [2.75, 3.05) is 31.1 Å². The Morgan fingerprint density at radius 3 is 2.64 bits per heavy atom. The normalized spacial score (nSPS) is 14.9. The molecule has 0 saturated carbocycles. The second-order valence-electron chi connectivity index (χ2n) is 6.00. The fraction of sp³-hybridized carbons (Fsp3) is 0.333. The van der Waals surface area contributed by atoms with E-state index in [4.69, 9.17) is 0 Å². The molecule has 0 unspecified atom stereocenters. The molecular formula is C18H20N4O3. The van der Waals surface area contributed by atoms with Gasteiger partial charge in [0.05, 0.1) is 5.56 Å². The molecule has 0 radical (unpaired) electrons. The fourth-order valence-corrected chi connectivity index (χ4v) is 2.96. The second kappa shape index (κ2) is 7.29. The Balaban J connectivity index is 1.71. The Kier molecular flexibility index (Phi) is 4.92. The number of rotatable bonds is 3. The van der Waals surface area contributed by atoms with Gasteiger partial charge in [-0.25, -0.2) is 0 Å². The average Bonchev–Trinajstić information content (AvgIpc) is 2.87. The van der Waals surface area contributed by atoms with Gasteiger partial charge in [-0.2, -0.15) is 5.10 Å². The molecule has 2 aromatic rings. The Morgan fingerprint density at radius 2 is 1.96 bits per heavy atom. The van der Waals surface area contributed by atoms with E-state index in [0.717, 1.165) is 18.8 Å². The SMILES string of the molecule is CC(=O)c1ccc(C(=O)N2CCCN(c3cccnn3)CC2)cc1O. The van der Waals surface area contributed by atoms with Crippen molar-refractivity contribution in [1.82, 2.24) is 15.1 Å². The van der Waals surface area contributed by atoms with E-state index in [1.165, 1.54) is 19.1 Å². The van der Waals surface area contributed by atoms with Crippen LogP contribution in [0, 0.1) is 0 Å². The highest BCUT2D eigenvalue weighted by molar-refractivity contribution is 6.00. The van der Waals surface area contributed by atoms with Crippen LogP contribution >= 0.6 is 0 Å². The maximum atomic E-state index is 12.7. The van der Waals surface area contributed by atoms with Crippen LogP contribution < -0.4 is 4.90 Å². The van der Waals surface area contributed by atoms with E-state index in [9.17, 15) is 14.7 Å². The number of phenols is 1. The number of nitrogens with zero attached hydrogens (tertiary/aromatic N) is 4. The number of ketones is 1. The third-order valence-electron chi connectivity index (χ3n) is 4.29. The number of benzene rings is 1. The summed E-state index contributed by atoms with van der Waals surface area (Å²) in [5.74, 6) is 0.270. The number of aromatic nitrogens is 2. The van der Waals surface area contributed by atoms with Gasteiger partial charge < -0.3 is 14.9 Å². The van der Waals surface area contributed by atoms with Gasteiger partial charge in [0.1, 0.15) is 5.75 Å². The summed E-state index contributed by atoms with van der Waals surface area (Å²) in [6.07, 6.45) is 2.45. The molecule has 1 aliphatic heterocycles. The Hall–Kier alpha value is -2.96. The van der Waals surface area contributed by atoms with Gasteiger partial charge in [0.2, 0.25) is 0 Å². The molecule has 2 heterocycles. The van der Waals surface area contributed by atoms with E-state index in [-0.39, 0.29) is 23.0 Å². The number of anilines is 1. The summed E-state index contributed by atoms with van der Waals surface area (Å²) in [5, 5.41) is 18.0. The molecule has 1 amide bonds. The zero-order chi connectivity index (χ0) is 17.8. The number of Topliss-reactive ketones (excluding diaryl/α,β-unsaturated/α-hetero) is 1. The Morgan fingerprint density at radius 1 is 1.12 bits per heavy atom. The van der Waals surface area contributed by atoms with E-state index in [1.807, 2.05) is 12.1 Å². The number of carbonyl (C=O) groups excluding carboxylic acids is 2. The third-order valence-corrected chi connectivity index (χ3v) is 4.29. The molecule has 7 heteroatoms. The predicted octanol–water partition coefficient (Wildman–Crippen LogP) is 1.74. The van der Waals surface area contributed by atoms with Crippen LogP contribution in [-0.4, -0.2) is 58.1 Å². The molecule has 1 N–H and O–H groups in total. The summed E-state index contributed by atoms with van der Waals surface area (Å²) < 4.78 is 0. The minimum Gasteiger partial charge on any atom is -0.507 e. The molecule has 0 bridgehead atoms. The molecule has 1 fully saturated rings. The quantitative estimate of drug-likeness (QED) is 0.857. The van der Waals surface area contributed by atoms with Crippen LogP contribution in [0.4, 0.5) is 5.82 Å². The maximum Gasteiger partial charge on any atom is 0.254 e. The molecule has 1 aromatic heterocycles. The van der Waals surface area contributed by atoms with Gasteiger partial charge in [-0.05, 0) is 43.7 Å². The molecule has 7 nitrogen and oxygen atoms in total. The molecule has 1 saturated heterocycles. The highest BCUT2D eigenvalue weighted by atomic mass is 16.3. The van der Waals surface area contributed by atoms with Crippen LogP contribution in [0.2, 0.25) is 0 Å². The average molecular weight is 340 g/mol. The number of hydrogen-bond donors (Lipinski definition) is 1. The minimum absolute atomic E-state index is 0.147. The number of phenolic OH excluding ortho intramolecular Hbond substituents is 1. The fourth-order valence-electron chi connectivity index (χ4n) is 2.96. The van der Waals surface area contributed by atoms with Crippen molar-refractivity contribution < 1.29 is 14.7 Å². The highest BCUT2D eigenvalue weighted by Gasteiger charge is 2.22. The zero-order valence-electron chi connectivity index (χ0n) is 14.1. The summed E-state index contributed by atoms with van der Waals surface area (Å²) in [6, 6.07) is 8.20. The summed E-state index contributed by atoms with van der Waals surface area (Å²) >= 11 is 0. The van der Waals surface area contributed by atoms with Gasteiger partial charge in [0.15, 0.2) is 11.6 Å². The topological polar surface area (TPSA) is 86.6 Å². The first-order valence-electron chi connectivity index (χ1n) is 8.22. The first-order chi connectivity index (χ1) is 12.1. The van der Waals surface area contributed by atoms with Crippen molar-refractivity contribution >= 4 is 17.5 Å². The van der Waals surface area contributed by atoms with E-state index in [0.29, 0.717) is 25.2 Å². The summed E-state index contributed by atoms with van der Waals surface area (Å²) in [5.41, 5.74) is 0.608. The monoisotopic (exact) mass is 340 g/mol. The number of hydrogen-bond acceptors (Lipinski definition) is 6. The Labute approximate surface area is 145 Å². The van der Waals surface area contributed by atoms with Gasteiger partial charge in [0, 0.05) is 37.9 Å². The molecule has 1 aliphatic rings. The van der Waals surface area contributed by atoms with Crippen molar-refractivity contribution in [3.63, 3.8) is 0 Å². The molecular weight excluding hydrogens is 320 g/mol. The minimum atomic E-state index is -0.231. The van der Waals surface area contributed by atoms with Crippen LogP contribution in [0.15, 0.2) is 36.5 Å². The molecule has 0 spiro atoms. The van der Waals surface area contributed by atoms with Crippen LogP contribution in [0.25, 0.3) is 0 Å². The van der Waals surface area contributed by atoms with Crippen molar-refractivity contribution in [3.8, 4) is 5.75 Å². The summed E-state index contributed by atoms with van der Waals surface area (Å²) in [6.45, 7) is 4.04. The van der Waals surface area contributed by atoms with Crippen molar-refractivity contribution in [1.29, 1.82) is 0 Å².